The fraction of sp³-hybridized carbons (Fsp3) is 0.263. The fourth-order valence-corrected chi connectivity index (χ4v) is 2.81. The van der Waals surface area contributed by atoms with E-state index in [1.165, 1.54) is 0 Å². The number of carbonyl (C=O) groups is 2. The standard InChI is InChI=1S/C19H22N4O2/c24-18(14-6-5-11-20-13-14)21-16-9-4-10-17(12-16)23-19(25)22-15-7-2-1-3-8-15/h1-4,7-10,12,14,20H,5-6,11,13H2,(H,21,24)(H2,22,23,25). The van der Waals surface area contributed by atoms with E-state index in [4.69, 9.17) is 0 Å². The minimum atomic E-state index is -0.328. The third-order valence-electron chi connectivity index (χ3n) is 4.09. The molecule has 0 spiro atoms. The number of hydrogen-bond acceptors (Lipinski definition) is 3. The monoisotopic (exact) mass is 338 g/mol. The molecule has 0 radical (unpaired) electrons. The van der Waals surface area contributed by atoms with Crippen LogP contribution in [0.2, 0.25) is 0 Å². The van der Waals surface area contributed by atoms with Crippen molar-refractivity contribution in [2.24, 2.45) is 5.92 Å². The van der Waals surface area contributed by atoms with Crippen LogP contribution in [0, 0.1) is 5.92 Å². The van der Waals surface area contributed by atoms with Gasteiger partial charge in [-0.25, -0.2) is 4.79 Å². The quantitative estimate of drug-likeness (QED) is 0.690. The minimum absolute atomic E-state index is 0.00764. The molecular formula is C19H22N4O2. The molecule has 3 rings (SSSR count). The number of para-hydroxylation sites is 1. The van der Waals surface area contributed by atoms with Crippen molar-refractivity contribution < 1.29 is 9.59 Å². The second kappa shape index (κ2) is 8.30. The third-order valence-corrected chi connectivity index (χ3v) is 4.09. The topological polar surface area (TPSA) is 82.3 Å². The molecule has 1 aliphatic heterocycles. The Hall–Kier alpha value is -2.86. The van der Waals surface area contributed by atoms with Gasteiger partial charge in [0.15, 0.2) is 0 Å². The number of benzene rings is 2. The highest BCUT2D eigenvalue weighted by atomic mass is 16.2. The lowest BCUT2D eigenvalue weighted by Crippen LogP contribution is -2.37. The van der Waals surface area contributed by atoms with Crippen molar-refractivity contribution in [1.82, 2.24) is 5.32 Å². The molecule has 1 atom stereocenters. The normalized spacial score (nSPS) is 16.7. The fourth-order valence-electron chi connectivity index (χ4n) is 2.81. The Morgan fingerprint density at radius 1 is 0.880 bits per heavy atom. The first-order chi connectivity index (χ1) is 12.2. The number of rotatable bonds is 4. The van der Waals surface area contributed by atoms with Gasteiger partial charge in [0.1, 0.15) is 0 Å². The van der Waals surface area contributed by atoms with E-state index in [0.29, 0.717) is 23.6 Å². The summed E-state index contributed by atoms with van der Waals surface area (Å²) in [6, 6.07) is 16.0. The molecule has 2 aromatic rings. The molecule has 4 N–H and O–H groups in total. The van der Waals surface area contributed by atoms with Crippen molar-refractivity contribution in [3.63, 3.8) is 0 Å². The zero-order valence-electron chi connectivity index (χ0n) is 13.9. The van der Waals surface area contributed by atoms with Crippen molar-refractivity contribution in [2.75, 3.05) is 29.0 Å². The second-order valence-electron chi connectivity index (χ2n) is 6.06. The maximum absolute atomic E-state index is 12.3. The summed E-state index contributed by atoms with van der Waals surface area (Å²) in [5.74, 6) is 0.00447. The van der Waals surface area contributed by atoms with E-state index in [0.717, 1.165) is 19.4 Å². The number of hydrogen-bond donors (Lipinski definition) is 4. The first kappa shape index (κ1) is 17.0. The minimum Gasteiger partial charge on any atom is -0.326 e. The van der Waals surface area contributed by atoms with Crippen molar-refractivity contribution in [3.8, 4) is 0 Å². The van der Waals surface area contributed by atoms with Crippen LogP contribution in [0.5, 0.6) is 0 Å². The molecule has 130 valence electrons. The number of carbonyl (C=O) groups excluding carboxylic acids is 2. The summed E-state index contributed by atoms with van der Waals surface area (Å²) >= 11 is 0. The average Bonchev–Trinajstić information content (AvgIpc) is 2.63. The van der Waals surface area contributed by atoms with Crippen LogP contribution < -0.4 is 21.3 Å². The largest absolute Gasteiger partial charge is 0.326 e. The van der Waals surface area contributed by atoms with Gasteiger partial charge in [-0.15, -0.1) is 0 Å². The second-order valence-corrected chi connectivity index (χ2v) is 6.06. The molecule has 2 aromatic carbocycles. The van der Waals surface area contributed by atoms with Crippen molar-refractivity contribution in [3.05, 3.63) is 54.6 Å². The summed E-state index contributed by atoms with van der Waals surface area (Å²) in [6.07, 6.45) is 1.91. The van der Waals surface area contributed by atoms with Gasteiger partial charge in [0.2, 0.25) is 5.91 Å². The zero-order chi connectivity index (χ0) is 17.5. The van der Waals surface area contributed by atoms with Gasteiger partial charge in [-0.3, -0.25) is 4.79 Å². The molecule has 0 saturated carbocycles. The van der Waals surface area contributed by atoms with Gasteiger partial charge in [-0.05, 0) is 49.7 Å². The summed E-state index contributed by atoms with van der Waals surface area (Å²) in [5, 5.41) is 11.7. The molecular weight excluding hydrogens is 316 g/mol. The molecule has 1 fully saturated rings. The van der Waals surface area contributed by atoms with Crippen molar-refractivity contribution in [1.29, 1.82) is 0 Å². The number of amides is 3. The highest BCUT2D eigenvalue weighted by Gasteiger charge is 2.20. The first-order valence-electron chi connectivity index (χ1n) is 8.45. The molecule has 6 heteroatoms. The van der Waals surface area contributed by atoms with Gasteiger partial charge in [0, 0.05) is 23.6 Å². The van der Waals surface area contributed by atoms with Crippen LogP contribution in [0.4, 0.5) is 21.9 Å². The van der Waals surface area contributed by atoms with Crippen molar-refractivity contribution >= 4 is 29.0 Å². The Morgan fingerprint density at radius 2 is 1.56 bits per heavy atom. The average molecular weight is 338 g/mol. The zero-order valence-corrected chi connectivity index (χ0v) is 13.9. The van der Waals surface area contributed by atoms with E-state index in [9.17, 15) is 9.59 Å². The molecule has 1 unspecified atom stereocenters. The van der Waals surface area contributed by atoms with Crippen LogP contribution >= 0.6 is 0 Å². The SMILES string of the molecule is O=C(Nc1ccccc1)Nc1cccc(NC(=O)C2CCCNC2)c1. The van der Waals surface area contributed by atoms with Gasteiger partial charge < -0.3 is 21.3 Å². The Bertz CT molecular complexity index is 727. The lowest BCUT2D eigenvalue weighted by molar-refractivity contribution is -0.120. The predicted octanol–water partition coefficient (Wildman–Crippen LogP) is 3.27. The van der Waals surface area contributed by atoms with Gasteiger partial charge in [0.05, 0.1) is 5.92 Å². The Kier molecular flexibility index (Phi) is 5.64. The summed E-state index contributed by atoms with van der Waals surface area (Å²) in [4.78, 5) is 24.3. The maximum atomic E-state index is 12.3. The Morgan fingerprint density at radius 3 is 2.28 bits per heavy atom. The van der Waals surface area contributed by atoms with Gasteiger partial charge >= 0.3 is 6.03 Å². The summed E-state index contributed by atoms with van der Waals surface area (Å²) in [6.45, 7) is 1.68. The third kappa shape index (κ3) is 5.06. The lowest BCUT2D eigenvalue weighted by Gasteiger charge is -2.22. The van der Waals surface area contributed by atoms with Gasteiger partial charge in [-0.1, -0.05) is 24.3 Å². The van der Waals surface area contributed by atoms with Crippen LogP contribution in [-0.2, 0) is 4.79 Å². The Balaban J connectivity index is 1.57. The van der Waals surface area contributed by atoms with Crippen LogP contribution in [0.3, 0.4) is 0 Å². The van der Waals surface area contributed by atoms with E-state index in [1.807, 2.05) is 36.4 Å². The van der Waals surface area contributed by atoms with E-state index >= 15 is 0 Å². The molecule has 1 saturated heterocycles. The molecule has 3 amide bonds. The highest BCUT2D eigenvalue weighted by molar-refractivity contribution is 6.00. The molecule has 0 aromatic heterocycles. The van der Waals surface area contributed by atoms with Crippen LogP contribution in [-0.4, -0.2) is 25.0 Å². The predicted molar refractivity (Wildman–Crippen MR) is 99.7 cm³/mol. The number of urea groups is 1. The van der Waals surface area contributed by atoms with Crippen molar-refractivity contribution in [2.45, 2.75) is 12.8 Å². The molecule has 0 aliphatic carbocycles. The summed E-state index contributed by atoms with van der Waals surface area (Å²) in [5.41, 5.74) is 2.01. The lowest BCUT2D eigenvalue weighted by atomic mass is 9.99. The Labute approximate surface area is 147 Å². The molecule has 6 nitrogen and oxygen atoms in total. The smallest absolute Gasteiger partial charge is 0.323 e. The van der Waals surface area contributed by atoms with Crippen LogP contribution in [0.1, 0.15) is 12.8 Å². The van der Waals surface area contributed by atoms with Crippen LogP contribution in [0.15, 0.2) is 54.6 Å². The van der Waals surface area contributed by atoms with Gasteiger partial charge in [-0.2, -0.15) is 0 Å². The number of piperidine rings is 1. The number of anilines is 3. The van der Waals surface area contributed by atoms with E-state index in [1.54, 1.807) is 18.2 Å². The molecule has 0 bridgehead atoms. The molecule has 25 heavy (non-hydrogen) atoms. The van der Waals surface area contributed by atoms with Gasteiger partial charge in [0.25, 0.3) is 0 Å². The summed E-state index contributed by atoms with van der Waals surface area (Å²) in [7, 11) is 0. The van der Waals surface area contributed by atoms with E-state index in [-0.39, 0.29) is 17.9 Å². The first-order valence-corrected chi connectivity index (χ1v) is 8.45. The maximum Gasteiger partial charge on any atom is 0.323 e. The molecule has 1 aliphatic rings. The number of nitrogens with one attached hydrogen (secondary N) is 4. The highest BCUT2D eigenvalue weighted by Crippen LogP contribution is 2.18. The van der Waals surface area contributed by atoms with E-state index < -0.39 is 0 Å². The van der Waals surface area contributed by atoms with E-state index in [2.05, 4.69) is 21.3 Å². The van der Waals surface area contributed by atoms with Crippen LogP contribution in [0.25, 0.3) is 0 Å². The summed E-state index contributed by atoms with van der Waals surface area (Å²) < 4.78 is 0. The molecule has 1 heterocycles.